The van der Waals surface area contributed by atoms with Crippen LogP contribution in [0.5, 0.6) is 0 Å². The van der Waals surface area contributed by atoms with Gasteiger partial charge in [-0.05, 0) is 13.3 Å². The monoisotopic (exact) mass is 236 g/mol. The molecule has 0 rings (SSSR count). The van der Waals surface area contributed by atoms with E-state index in [0.717, 1.165) is 12.8 Å². The van der Waals surface area contributed by atoms with E-state index in [1.165, 1.54) is 6.92 Å². The first-order valence-corrected chi connectivity index (χ1v) is 6.84. The number of hydrogen-bond acceptors (Lipinski definition) is 4. The fourth-order valence-electron chi connectivity index (χ4n) is 0.927. The smallest absolute Gasteiger partial charge is 0.235 e. The molecule has 0 aliphatic rings. The van der Waals surface area contributed by atoms with Gasteiger partial charge in [-0.2, -0.15) is 0 Å². The molecular formula is C9H20N2O3S. The molecule has 0 bridgehead atoms. The molecule has 0 heterocycles. The molecule has 6 heteroatoms. The van der Waals surface area contributed by atoms with Gasteiger partial charge >= 0.3 is 0 Å². The Balaban J connectivity index is 4.06. The summed E-state index contributed by atoms with van der Waals surface area (Å²) in [6, 6.07) is 0. The zero-order valence-corrected chi connectivity index (χ0v) is 10.1. The molecule has 0 saturated carbocycles. The highest BCUT2D eigenvalue weighted by Crippen LogP contribution is 1.99. The minimum atomic E-state index is -3.38. The summed E-state index contributed by atoms with van der Waals surface area (Å²) in [5.41, 5.74) is 5.24. The molecule has 3 N–H and O–H groups in total. The van der Waals surface area contributed by atoms with E-state index in [0.29, 0.717) is 6.54 Å². The lowest BCUT2D eigenvalue weighted by molar-refractivity contribution is -0.118. The lowest BCUT2D eigenvalue weighted by Gasteiger charge is -2.10. The first-order chi connectivity index (χ1) is 6.94. The van der Waals surface area contributed by atoms with Gasteiger partial charge in [0.25, 0.3) is 0 Å². The predicted molar refractivity (Wildman–Crippen MR) is 60.2 cm³/mol. The predicted octanol–water partition coefficient (Wildman–Crippen LogP) is -0.335. The second-order valence-corrected chi connectivity index (χ2v) is 5.98. The quantitative estimate of drug-likeness (QED) is 0.592. The molecule has 5 nitrogen and oxygen atoms in total. The van der Waals surface area contributed by atoms with Crippen LogP contribution < -0.4 is 11.1 Å². The highest BCUT2D eigenvalue weighted by molar-refractivity contribution is 7.92. The third kappa shape index (κ3) is 5.74. The maximum absolute atomic E-state index is 11.5. The summed E-state index contributed by atoms with van der Waals surface area (Å²) in [4.78, 5) is 11.2. The molecule has 0 saturated heterocycles. The summed E-state index contributed by atoms with van der Waals surface area (Å²) in [6.45, 7) is 4.08. The van der Waals surface area contributed by atoms with Crippen LogP contribution in [0.15, 0.2) is 0 Å². The van der Waals surface area contributed by atoms with Crippen molar-refractivity contribution >= 4 is 15.7 Å². The van der Waals surface area contributed by atoms with Gasteiger partial charge in [-0.3, -0.25) is 4.79 Å². The van der Waals surface area contributed by atoms with E-state index in [1.807, 2.05) is 6.92 Å². The third-order valence-electron chi connectivity index (χ3n) is 2.13. The Morgan fingerprint density at radius 3 is 2.53 bits per heavy atom. The molecule has 1 unspecified atom stereocenters. The largest absolute Gasteiger partial charge is 0.355 e. The van der Waals surface area contributed by atoms with Crippen molar-refractivity contribution in [2.75, 3.05) is 18.8 Å². The Morgan fingerprint density at radius 2 is 2.07 bits per heavy atom. The lowest BCUT2D eigenvalue weighted by Crippen LogP contribution is -2.37. The van der Waals surface area contributed by atoms with Crippen LogP contribution >= 0.6 is 0 Å². The van der Waals surface area contributed by atoms with Crippen molar-refractivity contribution in [1.82, 2.24) is 5.32 Å². The zero-order valence-electron chi connectivity index (χ0n) is 9.32. The molecule has 0 aliphatic carbocycles. The van der Waals surface area contributed by atoms with Crippen LogP contribution in [0.4, 0.5) is 0 Å². The summed E-state index contributed by atoms with van der Waals surface area (Å²) < 4.78 is 22.9. The second kappa shape index (κ2) is 6.79. The van der Waals surface area contributed by atoms with E-state index in [4.69, 9.17) is 5.73 Å². The van der Waals surface area contributed by atoms with Crippen molar-refractivity contribution < 1.29 is 13.2 Å². The first-order valence-electron chi connectivity index (χ1n) is 5.12. The standard InChI is InChI=1S/C9H20N2O3S/c1-3-4-5-11-9(12)7-15(13,14)8(2)6-10/h8H,3-7,10H2,1-2H3,(H,11,12). The molecule has 90 valence electrons. The number of hydrogen-bond donors (Lipinski definition) is 2. The number of nitrogens with two attached hydrogens (primary N) is 1. The number of unbranched alkanes of at least 4 members (excludes halogenated alkanes) is 1. The molecule has 1 amide bonds. The van der Waals surface area contributed by atoms with Crippen molar-refractivity contribution in [2.45, 2.75) is 31.9 Å². The molecule has 15 heavy (non-hydrogen) atoms. The molecule has 0 spiro atoms. The number of carbonyl (C=O) groups is 1. The summed E-state index contributed by atoms with van der Waals surface area (Å²) in [5, 5.41) is 1.90. The fraction of sp³-hybridized carbons (Fsp3) is 0.889. The van der Waals surface area contributed by atoms with Gasteiger partial charge in [-0.1, -0.05) is 13.3 Å². The van der Waals surface area contributed by atoms with Gasteiger partial charge in [0.05, 0.1) is 5.25 Å². The fourth-order valence-corrected chi connectivity index (χ4v) is 1.97. The van der Waals surface area contributed by atoms with Crippen molar-refractivity contribution in [3.63, 3.8) is 0 Å². The van der Waals surface area contributed by atoms with E-state index in [2.05, 4.69) is 5.32 Å². The Labute approximate surface area is 91.3 Å². The van der Waals surface area contributed by atoms with Gasteiger partial charge < -0.3 is 11.1 Å². The van der Waals surface area contributed by atoms with Crippen LogP contribution in [0.25, 0.3) is 0 Å². The van der Waals surface area contributed by atoms with Crippen LogP contribution in [0.1, 0.15) is 26.7 Å². The van der Waals surface area contributed by atoms with Crippen molar-refractivity contribution in [2.24, 2.45) is 5.73 Å². The summed E-state index contributed by atoms with van der Waals surface area (Å²) >= 11 is 0. The van der Waals surface area contributed by atoms with Crippen LogP contribution in [0, 0.1) is 0 Å². The van der Waals surface area contributed by atoms with Gasteiger partial charge in [0.2, 0.25) is 5.91 Å². The molecule has 0 fully saturated rings. The van der Waals surface area contributed by atoms with Gasteiger partial charge in [-0.25, -0.2) is 8.42 Å². The number of amides is 1. The van der Waals surface area contributed by atoms with Gasteiger partial charge in [0.1, 0.15) is 5.75 Å². The number of rotatable bonds is 7. The van der Waals surface area contributed by atoms with Gasteiger partial charge in [-0.15, -0.1) is 0 Å². The van der Waals surface area contributed by atoms with Gasteiger partial charge in [0.15, 0.2) is 9.84 Å². The number of carbonyl (C=O) groups excluding carboxylic acids is 1. The van der Waals surface area contributed by atoms with E-state index < -0.39 is 26.7 Å². The zero-order chi connectivity index (χ0) is 11.9. The van der Waals surface area contributed by atoms with E-state index in [1.54, 1.807) is 0 Å². The van der Waals surface area contributed by atoms with E-state index in [9.17, 15) is 13.2 Å². The summed E-state index contributed by atoms with van der Waals surface area (Å²) in [7, 11) is -3.38. The second-order valence-electron chi connectivity index (χ2n) is 3.56. The normalized spacial score (nSPS) is 13.5. The van der Waals surface area contributed by atoms with E-state index >= 15 is 0 Å². The maximum Gasteiger partial charge on any atom is 0.235 e. The molecule has 1 atom stereocenters. The highest BCUT2D eigenvalue weighted by Gasteiger charge is 2.22. The van der Waals surface area contributed by atoms with Crippen LogP contribution in [0.2, 0.25) is 0 Å². The van der Waals surface area contributed by atoms with Crippen LogP contribution in [-0.2, 0) is 14.6 Å². The average Bonchev–Trinajstić information content (AvgIpc) is 2.16. The topological polar surface area (TPSA) is 89.3 Å². The Kier molecular flexibility index (Phi) is 6.51. The SMILES string of the molecule is CCCCNC(=O)CS(=O)(=O)C(C)CN. The molecule has 0 radical (unpaired) electrons. The van der Waals surface area contributed by atoms with Crippen molar-refractivity contribution in [3.8, 4) is 0 Å². The lowest BCUT2D eigenvalue weighted by atomic mass is 10.3. The molecule has 0 aliphatic heterocycles. The van der Waals surface area contributed by atoms with Crippen LogP contribution in [-0.4, -0.2) is 38.4 Å². The third-order valence-corrected chi connectivity index (χ3v) is 4.21. The molecule has 0 aromatic rings. The van der Waals surface area contributed by atoms with E-state index in [-0.39, 0.29) is 6.54 Å². The minimum absolute atomic E-state index is 0.0462. The Hall–Kier alpha value is -0.620. The minimum Gasteiger partial charge on any atom is -0.355 e. The number of nitrogens with one attached hydrogen (secondary N) is 1. The Bertz CT molecular complexity index is 288. The average molecular weight is 236 g/mol. The summed E-state index contributed by atoms with van der Waals surface area (Å²) in [5.74, 6) is -0.904. The maximum atomic E-state index is 11.5. The Morgan fingerprint density at radius 1 is 1.47 bits per heavy atom. The molecule has 0 aromatic heterocycles. The van der Waals surface area contributed by atoms with Gasteiger partial charge in [0, 0.05) is 13.1 Å². The first kappa shape index (κ1) is 14.4. The molecular weight excluding hydrogens is 216 g/mol. The molecule has 0 aromatic carbocycles. The summed E-state index contributed by atoms with van der Waals surface area (Å²) in [6.07, 6.45) is 1.82. The highest BCUT2D eigenvalue weighted by atomic mass is 32.2. The number of sulfone groups is 1. The van der Waals surface area contributed by atoms with Crippen LogP contribution in [0.3, 0.4) is 0 Å². The van der Waals surface area contributed by atoms with Crippen molar-refractivity contribution in [1.29, 1.82) is 0 Å². The van der Waals surface area contributed by atoms with Crippen molar-refractivity contribution in [3.05, 3.63) is 0 Å².